The van der Waals surface area contributed by atoms with E-state index in [1.807, 2.05) is 21.9 Å². The van der Waals surface area contributed by atoms with Gasteiger partial charge in [0.05, 0.1) is 16.7 Å². The summed E-state index contributed by atoms with van der Waals surface area (Å²) >= 11 is 6.19. The maximum Gasteiger partial charge on any atom is 0.255 e. The summed E-state index contributed by atoms with van der Waals surface area (Å²) in [6.07, 6.45) is 5.78. The lowest BCUT2D eigenvalue weighted by Crippen LogP contribution is -2.53. The number of rotatable bonds is 3. The lowest BCUT2D eigenvalue weighted by Gasteiger charge is -2.47. The summed E-state index contributed by atoms with van der Waals surface area (Å²) in [6, 6.07) is 7.24. The molecule has 4 rings (SSSR count). The molecule has 3 heterocycles. The predicted molar refractivity (Wildman–Crippen MR) is 104 cm³/mol. The van der Waals surface area contributed by atoms with E-state index >= 15 is 0 Å². The minimum Gasteiger partial charge on any atom is -0.376 e. The summed E-state index contributed by atoms with van der Waals surface area (Å²) in [6.45, 7) is 3.80. The molecule has 0 aromatic heterocycles. The number of ether oxygens (including phenoxy) is 1. The Morgan fingerprint density at radius 2 is 2.00 bits per heavy atom. The zero-order valence-corrected chi connectivity index (χ0v) is 16.4. The quantitative estimate of drug-likeness (QED) is 0.795. The Hall–Kier alpha value is -1.59. The van der Waals surface area contributed by atoms with Gasteiger partial charge in [0.25, 0.3) is 5.91 Å². The van der Waals surface area contributed by atoms with Crippen LogP contribution in [0, 0.1) is 5.41 Å². The van der Waals surface area contributed by atoms with Gasteiger partial charge in [0, 0.05) is 39.2 Å². The van der Waals surface area contributed by atoms with Gasteiger partial charge in [-0.15, -0.1) is 0 Å². The lowest BCUT2D eigenvalue weighted by molar-refractivity contribution is -0.141. The van der Waals surface area contributed by atoms with Crippen LogP contribution in [0.4, 0.5) is 0 Å². The molecule has 0 aliphatic carbocycles. The number of carbonyl (C=O) groups is 2. The number of benzene rings is 1. The molecule has 0 saturated carbocycles. The molecule has 3 saturated heterocycles. The topological polar surface area (TPSA) is 49.9 Å². The van der Waals surface area contributed by atoms with E-state index in [0.717, 1.165) is 64.9 Å². The molecule has 3 fully saturated rings. The Bertz CT molecular complexity index is 709. The van der Waals surface area contributed by atoms with Crippen LogP contribution in [-0.2, 0) is 9.53 Å². The molecule has 1 spiro atoms. The number of amides is 2. The Kier molecular flexibility index (Phi) is 5.42. The highest BCUT2D eigenvalue weighted by Gasteiger charge is 2.42. The van der Waals surface area contributed by atoms with Gasteiger partial charge in [-0.2, -0.15) is 0 Å². The van der Waals surface area contributed by atoms with E-state index in [9.17, 15) is 9.59 Å². The van der Waals surface area contributed by atoms with Gasteiger partial charge in [-0.1, -0.05) is 23.7 Å². The van der Waals surface area contributed by atoms with E-state index in [1.165, 1.54) is 0 Å². The molecule has 1 atom stereocenters. The summed E-state index contributed by atoms with van der Waals surface area (Å²) in [5, 5.41) is 0.508. The molecular formula is C21H27ClN2O3. The minimum atomic E-state index is 0.0125. The third-order valence-corrected chi connectivity index (χ3v) is 6.74. The summed E-state index contributed by atoms with van der Waals surface area (Å²) < 4.78 is 5.73. The Morgan fingerprint density at radius 3 is 2.70 bits per heavy atom. The normalized spacial score (nSPS) is 25.2. The molecule has 1 aromatic rings. The summed E-state index contributed by atoms with van der Waals surface area (Å²) in [5.74, 6) is 0.268. The van der Waals surface area contributed by atoms with Crippen molar-refractivity contribution in [1.29, 1.82) is 0 Å². The first-order valence-corrected chi connectivity index (χ1v) is 10.4. The zero-order valence-electron chi connectivity index (χ0n) is 15.7. The number of hydrogen-bond acceptors (Lipinski definition) is 3. The maximum absolute atomic E-state index is 12.8. The van der Waals surface area contributed by atoms with Crippen LogP contribution >= 0.6 is 11.6 Å². The smallest absolute Gasteiger partial charge is 0.255 e. The van der Waals surface area contributed by atoms with Crippen molar-refractivity contribution in [1.82, 2.24) is 9.80 Å². The van der Waals surface area contributed by atoms with E-state index in [4.69, 9.17) is 16.3 Å². The molecule has 0 radical (unpaired) electrons. The van der Waals surface area contributed by atoms with Gasteiger partial charge in [0.2, 0.25) is 5.91 Å². The van der Waals surface area contributed by atoms with Gasteiger partial charge < -0.3 is 14.5 Å². The molecule has 2 amide bonds. The minimum absolute atomic E-state index is 0.0125. The van der Waals surface area contributed by atoms with Gasteiger partial charge in [0.15, 0.2) is 0 Å². The largest absolute Gasteiger partial charge is 0.376 e. The van der Waals surface area contributed by atoms with Gasteiger partial charge >= 0.3 is 0 Å². The molecule has 27 heavy (non-hydrogen) atoms. The van der Waals surface area contributed by atoms with Crippen molar-refractivity contribution in [2.24, 2.45) is 5.41 Å². The first kappa shape index (κ1) is 18.8. The van der Waals surface area contributed by atoms with E-state index in [1.54, 1.807) is 12.1 Å². The monoisotopic (exact) mass is 390 g/mol. The van der Waals surface area contributed by atoms with Crippen molar-refractivity contribution in [2.45, 2.75) is 44.6 Å². The highest BCUT2D eigenvalue weighted by molar-refractivity contribution is 6.33. The Balaban J connectivity index is 1.38. The van der Waals surface area contributed by atoms with Crippen LogP contribution in [0.5, 0.6) is 0 Å². The number of hydrogen-bond donors (Lipinski definition) is 0. The average Bonchev–Trinajstić information content (AvgIpc) is 3.19. The molecule has 3 aliphatic rings. The van der Waals surface area contributed by atoms with Crippen molar-refractivity contribution in [3.63, 3.8) is 0 Å². The second-order valence-electron chi connectivity index (χ2n) is 8.18. The third kappa shape index (κ3) is 3.99. The van der Waals surface area contributed by atoms with Crippen LogP contribution in [0.1, 0.15) is 48.9 Å². The average molecular weight is 391 g/mol. The van der Waals surface area contributed by atoms with Crippen LogP contribution in [0.25, 0.3) is 0 Å². The van der Waals surface area contributed by atoms with E-state index in [2.05, 4.69) is 0 Å². The van der Waals surface area contributed by atoms with Crippen molar-refractivity contribution < 1.29 is 14.3 Å². The lowest BCUT2D eigenvalue weighted by atomic mass is 9.72. The van der Waals surface area contributed by atoms with Crippen molar-refractivity contribution in [3.05, 3.63) is 34.9 Å². The number of piperidine rings is 2. The van der Waals surface area contributed by atoms with E-state index in [-0.39, 0.29) is 23.3 Å². The first-order chi connectivity index (χ1) is 13.1. The van der Waals surface area contributed by atoms with E-state index in [0.29, 0.717) is 17.0 Å². The molecule has 5 nitrogen and oxygen atoms in total. The molecule has 6 heteroatoms. The summed E-state index contributed by atoms with van der Waals surface area (Å²) in [4.78, 5) is 29.1. The summed E-state index contributed by atoms with van der Waals surface area (Å²) in [5.41, 5.74) is 0.720. The van der Waals surface area contributed by atoms with Gasteiger partial charge in [0.1, 0.15) is 0 Å². The second-order valence-corrected chi connectivity index (χ2v) is 8.59. The number of halogens is 1. The van der Waals surface area contributed by atoms with E-state index < -0.39 is 0 Å². The Morgan fingerprint density at radius 1 is 1.22 bits per heavy atom. The molecule has 0 bridgehead atoms. The Labute approximate surface area is 165 Å². The van der Waals surface area contributed by atoms with Crippen molar-refractivity contribution in [3.8, 4) is 0 Å². The molecule has 3 aliphatic heterocycles. The fourth-order valence-electron chi connectivity index (χ4n) is 4.70. The first-order valence-electron chi connectivity index (χ1n) is 10.00. The number of carbonyl (C=O) groups excluding carboxylic acids is 2. The standard InChI is InChI=1S/C21H27ClN2O3/c22-18-6-2-1-5-17(18)20(26)23-11-9-21(10-12-23)8-7-19(25)24(15-21)14-16-4-3-13-27-16/h1-2,5-6,16H,3-4,7-15H2/t16-/m1/s1. The van der Waals surface area contributed by atoms with Crippen LogP contribution in [0.3, 0.4) is 0 Å². The molecular weight excluding hydrogens is 364 g/mol. The highest BCUT2D eigenvalue weighted by atomic mass is 35.5. The van der Waals surface area contributed by atoms with Gasteiger partial charge in [-0.05, 0) is 49.7 Å². The second kappa shape index (κ2) is 7.80. The summed E-state index contributed by atoms with van der Waals surface area (Å²) in [7, 11) is 0. The molecule has 146 valence electrons. The van der Waals surface area contributed by atoms with Gasteiger partial charge in [-0.3, -0.25) is 9.59 Å². The van der Waals surface area contributed by atoms with Crippen LogP contribution in [-0.4, -0.2) is 60.5 Å². The molecule has 0 N–H and O–H groups in total. The third-order valence-electron chi connectivity index (χ3n) is 6.41. The van der Waals surface area contributed by atoms with Crippen LogP contribution < -0.4 is 0 Å². The van der Waals surface area contributed by atoms with Crippen LogP contribution in [0.15, 0.2) is 24.3 Å². The van der Waals surface area contributed by atoms with Crippen molar-refractivity contribution in [2.75, 3.05) is 32.8 Å². The maximum atomic E-state index is 12.8. The predicted octanol–water partition coefficient (Wildman–Crippen LogP) is 3.36. The number of likely N-dealkylation sites (tertiary alicyclic amines) is 2. The van der Waals surface area contributed by atoms with Gasteiger partial charge in [-0.25, -0.2) is 0 Å². The molecule has 0 unspecified atom stereocenters. The van der Waals surface area contributed by atoms with Crippen molar-refractivity contribution >= 4 is 23.4 Å². The number of nitrogens with zero attached hydrogens (tertiary/aromatic N) is 2. The fraction of sp³-hybridized carbons (Fsp3) is 0.619. The zero-order chi connectivity index (χ0) is 18.9. The SMILES string of the molecule is O=C1CCC2(CCN(C(=O)c3ccccc3Cl)CC2)CN1C[C@H]1CCCO1. The molecule has 1 aromatic carbocycles. The highest BCUT2D eigenvalue weighted by Crippen LogP contribution is 2.41. The fourth-order valence-corrected chi connectivity index (χ4v) is 4.92. The van der Waals surface area contributed by atoms with Crippen LogP contribution in [0.2, 0.25) is 5.02 Å².